The molecule has 1 atom stereocenters. The van der Waals surface area contributed by atoms with Crippen molar-refractivity contribution in [3.8, 4) is 5.69 Å². The van der Waals surface area contributed by atoms with E-state index in [2.05, 4.69) is 25.3 Å². The number of rotatable bonds is 4. The van der Waals surface area contributed by atoms with Crippen molar-refractivity contribution >= 4 is 51.0 Å². The van der Waals surface area contributed by atoms with E-state index in [9.17, 15) is 9.18 Å². The Labute approximate surface area is 190 Å². The molecule has 7 nitrogen and oxygen atoms in total. The van der Waals surface area contributed by atoms with E-state index >= 15 is 0 Å². The largest absolute Gasteiger partial charge is 0.360 e. The number of aromatic nitrogens is 5. The molecule has 32 heavy (non-hydrogen) atoms. The van der Waals surface area contributed by atoms with E-state index in [4.69, 9.17) is 23.2 Å². The predicted molar refractivity (Wildman–Crippen MR) is 123 cm³/mol. The smallest absolute Gasteiger partial charge is 0.263 e. The van der Waals surface area contributed by atoms with Gasteiger partial charge in [0.15, 0.2) is 11.5 Å². The van der Waals surface area contributed by atoms with Crippen molar-refractivity contribution < 1.29 is 4.39 Å². The van der Waals surface area contributed by atoms with Crippen molar-refractivity contribution in [3.05, 3.63) is 87.0 Å². The molecule has 5 rings (SSSR count). The molecule has 0 aliphatic carbocycles. The summed E-state index contributed by atoms with van der Waals surface area (Å²) in [5.41, 5.74) is 1.59. The number of anilines is 1. The summed E-state index contributed by atoms with van der Waals surface area (Å²) in [6.45, 7) is 1.87. The van der Waals surface area contributed by atoms with Gasteiger partial charge in [0.05, 0.1) is 33.5 Å². The Bertz CT molecular complexity index is 1530. The first-order chi connectivity index (χ1) is 15.4. The van der Waals surface area contributed by atoms with E-state index in [1.807, 2.05) is 6.92 Å². The van der Waals surface area contributed by atoms with Crippen LogP contribution in [0.15, 0.2) is 59.9 Å². The number of aromatic amines is 1. The molecule has 0 fully saturated rings. The number of H-pyrrole nitrogens is 1. The van der Waals surface area contributed by atoms with Gasteiger partial charge in [-0.25, -0.2) is 19.3 Å². The van der Waals surface area contributed by atoms with Crippen LogP contribution in [0.2, 0.25) is 10.0 Å². The summed E-state index contributed by atoms with van der Waals surface area (Å²) >= 11 is 12.9. The summed E-state index contributed by atoms with van der Waals surface area (Å²) in [4.78, 5) is 29.2. The molecule has 0 saturated heterocycles. The fourth-order valence-electron chi connectivity index (χ4n) is 3.70. The summed E-state index contributed by atoms with van der Waals surface area (Å²) in [6, 6.07) is 10.4. The number of hydrogen-bond acceptors (Lipinski definition) is 5. The molecule has 5 aromatic rings. The molecule has 0 aliphatic rings. The SMILES string of the molecule is CC(Nc1ncnc2[nH]cnc12)c1cc2ccc(F)cc2c(=O)n1-c1c(Cl)cccc1Cl. The molecule has 0 saturated carbocycles. The minimum Gasteiger partial charge on any atom is -0.360 e. The molecular formula is C22H15Cl2FN6O. The van der Waals surface area contributed by atoms with E-state index in [0.29, 0.717) is 43.8 Å². The van der Waals surface area contributed by atoms with Crippen molar-refractivity contribution in [3.63, 3.8) is 0 Å². The third kappa shape index (κ3) is 3.37. The van der Waals surface area contributed by atoms with Crippen LogP contribution in [0, 0.1) is 5.82 Å². The maximum atomic E-state index is 13.9. The van der Waals surface area contributed by atoms with Crippen molar-refractivity contribution in [1.82, 2.24) is 24.5 Å². The van der Waals surface area contributed by atoms with Gasteiger partial charge in [0.25, 0.3) is 5.56 Å². The van der Waals surface area contributed by atoms with E-state index < -0.39 is 17.4 Å². The predicted octanol–water partition coefficient (Wildman–Crippen LogP) is 5.28. The summed E-state index contributed by atoms with van der Waals surface area (Å²) in [5.74, 6) is -0.0144. The van der Waals surface area contributed by atoms with Gasteiger partial charge >= 0.3 is 0 Å². The third-order valence-corrected chi connectivity index (χ3v) is 5.80. The van der Waals surface area contributed by atoms with E-state index in [1.54, 1.807) is 30.3 Å². The van der Waals surface area contributed by atoms with Crippen LogP contribution in [0.3, 0.4) is 0 Å². The number of para-hydroxylation sites is 1. The molecule has 0 radical (unpaired) electrons. The molecule has 1 unspecified atom stereocenters. The molecule has 2 N–H and O–H groups in total. The summed E-state index contributed by atoms with van der Waals surface area (Å²) in [5, 5.41) is 4.68. The van der Waals surface area contributed by atoms with Crippen molar-refractivity contribution in [1.29, 1.82) is 0 Å². The lowest BCUT2D eigenvalue weighted by molar-refractivity contribution is 0.629. The van der Waals surface area contributed by atoms with Crippen LogP contribution >= 0.6 is 23.2 Å². The molecule has 3 aromatic heterocycles. The summed E-state index contributed by atoms with van der Waals surface area (Å²) < 4.78 is 15.3. The first-order valence-corrected chi connectivity index (χ1v) is 10.4. The highest BCUT2D eigenvalue weighted by atomic mass is 35.5. The first-order valence-electron chi connectivity index (χ1n) is 9.64. The van der Waals surface area contributed by atoms with Gasteiger partial charge in [-0.3, -0.25) is 9.36 Å². The normalized spacial score (nSPS) is 12.4. The molecular weight excluding hydrogens is 454 g/mol. The second kappa shape index (κ2) is 7.89. The number of fused-ring (bicyclic) bond motifs is 2. The Balaban J connectivity index is 1.75. The minimum atomic E-state index is -0.507. The standard InChI is InChI=1S/C22H15Cl2FN6O/c1-11(30-21-18-20(27-9-26-18)28-10-29-21)17-7-12-5-6-13(25)8-14(12)22(32)31(17)19-15(23)3-2-4-16(19)24/h2-11H,1H3,(H2,26,27,28,29,30). The molecule has 0 bridgehead atoms. The van der Waals surface area contributed by atoms with Crippen molar-refractivity contribution in [2.24, 2.45) is 0 Å². The van der Waals surface area contributed by atoms with E-state index in [0.717, 1.165) is 0 Å². The Morgan fingerprint density at radius 2 is 1.88 bits per heavy atom. The molecule has 0 spiro atoms. The third-order valence-electron chi connectivity index (χ3n) is 5.19. The Kier molecular flexibility index (Phi) is 5.03. The number of nitrogens with one attached hydrogen (secondary N) is 2. The van der Waals surface area contributed by atoms with Crippen LogP contribution < -0.4 is 10.9 Å². The van der Waals surface area contributed by atoms with Crippen LogP contribution in [-0.2, 0) is 0 Å². The Hall–Kier alpha value is -3.49. The molecule has 3 heterocycles. The second-order valence-electron chi connectivity index (χ2n) is 7.20. The molecule has 0 amide bonds. The minimum absolute atomic E-state index is 0.216. The fraction of sp³-hybridized carbons (Fsp3) is 0.0909. The van der Waals surface area contributed by atoms with Gasteiger partial charge in [0, 0.05) is 5.69 Å². The van der Waals surface area contributed by atoms with Crippen molar-refractivity contribution in [2.45, 2.75) is 13.0 Å². The van der Waals surface area contributed by atoms with E-state index in [1.165, 1.54) is 29.4 Å². The van der Waals surface area contributed by atoms with Crippen LogP contribution in [0.5, 0.6) is 0 Å². The van der Waals surface area contributed by atoms with Crippen LogP contribution in [0.1, 0.15) is 18.7 Å². The quantitative estimate of drug-likeness (QED) is 0.374. The number of nitrogens with zero attached hydrogens (tertiary/aromatic N) is 4. The van der Waals surface area contributed by atoms with Gasteiger partial charge in [-0.1, -0.05) is 35.3 Å². The van der Waals surface area contributed by atoms with E-state index in [-0.39, 0.29) is 5.39 Å². The molecule has 160 valence electrons. The van der Waals surface area contributed by atoms with Gasteiger partial charge in [0.1, 0.15) is 17.7 Å². The number of benzene rings is 2. The maximum absolute atomic E-state index is 13.9. The maximum Gasteiger partial charge on any atom is 0.263 e. The summed E-state index contributed by atoms with van der Waals surface area (Å²) in [6.07, 6.45) is 2.94. The second-order valence-corrected chi connectivity index (χ2v) is 8.01. The van der Waals surface area contributed by atoms with Gasteiger partial charge in [0.2, 0.25) is 0 Å². The highest BCUT2D eigenvalue weighted by Gasteiger charge is 2.21. The van der Waals surface area contributed by atoms with Crippen LogP contribution in [0.25, 0.3) is 27.6 Å². The zero-order valence-corrected chi connectivity index (χ0v) is 18.1. The molecule has 10 heteroatoms. The monoisotopic (exact) mass is 468 g/mol. The number of imidazole rings is 1. The van der Waals surface area contributed by atoms with Crippen molar-refractivity contribution in [2.75, 3.05) is 5.32 Å². The average Bonchev–Trinajstić information content (AvgIpc) is 3.25. The Morgan fingerprint density at radius 1 is 1.09 bits per heavy atom. The lowest BCUT2D eigenvalue weighted by Gasteiger charge is -2.22. The highest BCUT2D eigenvalue weighted by molar-refractivity contribution is 6.37. The summed E-state index contributed by atoms with van der Waals surface area (Å²) in [7, 11) is 0. The zero-order valence-electron chi connectivity index (χ0n) is 16.6. The topological polar surface area (TPSA) is 88.5 Å². The lowest BCUT2D eigenvalue weighted by Crippen LogP contribution is -2.26. The Morgan fingerprint density at radius 3 is 2.66 bits per heavy atom. The number of pyridine rings is 1. The van der Waals surface area contributed by atoms with Crippen LogP contribution in [-0.4, -0.2) is 24.5 Å². The van der Waals surface area contributed by atoms with Gasteiger partial charge in [-0.15, -0.1) is 0 Å². The molecule has 0 aliphatic heterocycles. The number of hydrogen-bond donors (Lipinski definition) is 2. The molecule has 2 aromatic carbocycles. The highest BCUT2D eigenvalue weighted by Crippen LogP contribution is 2.32. The zero-order chi connectivity index (χ0) is 22.4. The average molecular weight is 469 g/mol. The fourth-order valence-corrected chi connectivity index (χ4v) is 4.27. The van der Waals surface area contributed by atoms with Crippen LogP contribution in [0.4, 0.5) is 10.2 Å². The first kappa shape index (κ1) is 20.4. The number of halogens is 3. The lowest BCUT2D eigenvalue weighted by atomic mass is 10.1. The van der Waals surface area contributed by atoms with Gasteiger partial charge in [-0.05, 0) is 42.6 Å². The van der Waals surface area contributed by atoms with Gasteiger partial charge < -0.3 is 10.3 Å². The van der Waals surface area contributed by atoms with Gasteiger partial charge in [-0.2, -0.15) is 0 Å².